The van der Waals surface area contributed by atoms with Crippen LogP contribution in [0.1, 0.15) is 35.2 Å². The van der Waals surface area contributed by atoms with Crippen LogP contribution in [0.15, 0.2) is 43.0 Å². The minimum atomic E-state index is 0.0917. The lowest BCUT2D eigenvalue weighted by molar-refractivity contribution is 0.0724. The van der Waals surface area contributed by atoms with Gasteiger partial charge in [-0.05, 0) is 49.9 Å². The van der Waals surface area contributed by atoms with E-state index in [1.807, 2.05) is 47.1 Å². The van der Waals surface area contributed by atoms with Crippen LogP contribution in [-0.4, -0.2) is 38.4 Å². The maximum absolute atomic E-state index is 12.6. The number of aryl methyl sites for hydroxylation is 1. The molecule has 1 fully saturated rings. The van der Waals surface area contributed by atoms with Gasteiger partial charge in [0.1, 0.15) is 5.65 Å². The summed E-state index contributed by atoms with van der Waals surface area (Å²) in [6.45, 7) is 3.73. The number of hydrogen-bond acceptors (Lipinski definition) is 3. The molecule has 0 bridgehead atoms. The third-order valence-corrected chi connectivity index (χ3v) is 4.56. The Morgan fingerprint density at radius 2 is 1.92 bits per heavy atom. The molecule has 4 rings (SSSR count). The van der Waals surface area contributed by atoms with E-state index in [-0.39, 0.29) is 5.91 Å². The van der Waals surface area contributed by atoms with Crippen molar-refractivity contribution in [1.82, 2.24) is 19.4 Å². The third kappa shape index (κ3) is 2.66. The molecule has 1 amide bonds. The number of pyridine rings is 2. The normalized spacial score (nSPS) is 15.0. The molecule has 0 saturated carbocycles. The zero-order valence-corrected chi connectivity index (χ0v) is 13.8. The van der Waals surface area contributed by atoms with Gasteiger partial charge < -0.3 is 4.90 Å². The van der Waals surface area contributed by atoms with Crippen molar-refractivity contribution in [2.45, 2.75) is 26.2 Å². The lowest BCUT2D eigenvalue weighted by Crippen LogP contribution is -2.35. The number of carbonyl (C=O) groups excluding carboxylic acids is 1. The summed E-state index contributed by atoms with van der Waals surface area (Å²) in [6, 6.07) is 6.01. The predicted molar refractivity (Wildman–Crippen MR) is 93.4 cm³/mol. The van der Waals surface area contributed by atoms with Gasteiger partial charge in [0.25, 0.3) is 5.91 Å². The zero-order chi connectivity index (χ0) is 16.5. The molecule has 0 atom stereocenters. The van der Waals surface area contributed by atoms with Crippen molar-refractivity contribution in [3.05, 3.63) is 54.1 Å². The van der Waals surface area contributed by atoms with Gasteiger partial charge in [0.2, 0.25) is 0 Å². The van der Waals surface area contributed by atoms with E-state index in [2.05, 4.69) is 16.0 Å². The van der Waals surface area contributed by atoms with Gasteiger partial charge in [0.15, 0.2) is 0 Å². The number of carbonyl (C=O) groups is 1. The average molecular weight is 320 g/mol. The summed E-state index contributed by atoms with van der Waals surface area (Å²) in [5.74, 6) is 0.0917. The maximum atomic E-state index is 12.6. The van der Waals surface area contributed by atoms with Crippen LogP contribution in [0.5, 0.6) is 0 Å². The number of piperidine rings is 1. The molecule has 0 spiro atoms. The van der Waals surface area contributed by atoms with Crippen molar-refractivity contribution in [2.75, 3.05) is 13.1 Å². The number of likely N-dealkylation sites (tertiary alicyclic amines) is 1. The molecule has 5 heteroatoms. The van der Waals surface area contributed by atoms with Gasteiger partial charge in [-0.1, -0.05) is 0 Å². The number of fused-ring (bicyclic) bond motifs is 1. The highest BCUT2D eigenvalue weighted by molar-refractivity contribution is 5.97. The van der Waals surface area contributed by atoms with Gasteiger partial charge in [-0.15, -0.1) is 0 Å². The minimum Gasteiger partial charge on any atom is -0.339 e. The smallest absolute Gasteiger partial charge is 0.255 e. The van der Waals surface area contributed by atoms with Crippen molar-refractivity contribution in [3.63, 3.8) is 0 Å². The first-order chi connectivity index (χ1) is 11.7. The van der Waals surface area contributed by atoms with Crippen molar-refractivity contribution in [3.8, 4) is 5.69 Å². The Bertz CT molecular complexity index is 893. The third-order valence-electron chi connectivity index (χ3n) is 4.56. The summed E-state index contributed by atoms with van der Waals surface area (Å²) in [5.41, 5.74) is 3.60. The predicted octanol–water partition coefficient (Wildman–Crippen LogP) is 3.36. The Balaban J connectivity index is 1.69. The van der Waals surface area contributed by atoms with Gasteiger partial charge in [0, 0.05) is 37.1 Å². The Morgan fingerprint density at radius 3 is 2.71 bits per heavy atom. The first-order valence-corrected chi connectivity index (χ1v) is 8.41. The molecule has 1 aliphatic heterocycles. The molecule has 0 N–H and O–H groups in total. The molecule has 0 aromatic carbocycles. The highest BCUT2D eigenvalue weighted by Crippen LogP contribution is 2.21. The number of hydrogen-bond donors (Lipinski definition) is 0. The topological polar surface area (TPSA) is 51.0 Å². The summed E-state index contributed by atoms with van der Waals surface area (Å²) in [5, 5.41) is 0.972. The molecule has 24 heavy (non-hydrogen) atoms. The molecule has 1 aliphatic rings. The van der Waals surface area contributed by atoms with E-state index in [4.69, 9.17) is 0 Å². The Hall–Kier alpha value is -2.69. The van der Waals surface area contributed by atoms with Gasteiger partial charge in [-0.3, -0.25) is 14.3 Å². The minimum absolute atomic E-state index is 0.0917. The molecule has 122 valence electrons. The van der Waals surface area contributed by atoms with E-state index in [0.29, 0.717) is 5.56 Å². The quantitative estimate of drug-likeness (QED) is 0.727. The van der Waals surface area contributed by atoms with Gasteiger partial charge in [0.05, 0.1) is 17.4 Å². The van der Waals surface area contributed by atoms with Crippen LogP contribution >= 0.6 is 0 Å². The first-order valence-electron chi connectivity index (χ1n) is 8.41. The summed E-state index contributed by atoms with van der Waals surface area (Å²) >= 11 is 0. The second-order valence-electron chi connectivity index (χ2n) is 6.40. The fourth-order valence-corrected chi connectivity index (χ4v) is 3.30. The van der Waals surface area contributed by atoms with Crippen molar-refractivity contribution in [1.29, 1.82) is 0 Å². The summed E-state index contributed by atoms with van der Waals surface area (Å²) in [6.07, 6.45) is 10.7. The number of aromatic nitrogens is 3. The standard InChI is InChI=1S/C19H20N4O/c1-14-9-17(13-20-11-14)23-8-5-15-10-16(12-21-18(15)23)19(24)22-6-3-2-4-7-22/h5,8-13H,2-4,6-7H2,1H3. The summed E-state index contributed by atoms with van der Waals surface area (Å²) in [7, 11) is 0. The number of nitrogens with zero attached hydrogens (tertiary/aromatic N) is 4. The zero-order valence-electron chi connectivity index (χ0n) is 13.8. The summed E-state index contributed by atoms with van der Waals surface area (Å²) in [4.78, 5) is 23.4. The van der Waals surface area contributed by atoms with Gasteiger partial charge >= 0.3 is 0 Å². The Kier molecular flexibility index (Phi) is 3.76. The molecule has 3 aromatic rings. The van der Waals surface area contributed by atoms with Crippen LogP contribution < -0.4 is 0 Å². The van der Waals surface area contributed by atoms with Crippen molar-refractivity contribution >= 4 is 16.9 Å². The van der Waals surface area contributed by atoms with E-state index in [1.165, 1.54) is 6.42 Å². The van der Waals surface area contributed by atoms with Gasteiger partial charge in [-0.2, -0.15) is 0 Å². The first kappa shape index (κ1) is 14.9. The molecule has 0 unspecified atom stereocenters. The molecule has 1 saturated heterocycles. The van der Waals surface area contributed by atoms with Gasteiger partial charge in [-0.25, -0.2) is 4.98 Å². The van der Waals surface area contributed by atoms with Crippen LogP contribution in [-0.2, 0) is 0 Å². The number of rotatable bonds is 2. The maximum Gasteiger partial charge on any atom is 0.255 e. The monoisotopic (exact) mass is 320 g/mol. The van der Waals surface area contributed by atoms with Crippen molar-refractivity contribution < 1.29 is 4.79 Å². The highest BCUT2D eigenvalue weighted by atomic mass is 16.2. The van der Waals surface area contributed by atoms with Crippen LogP contribution in [0, 0.1) is 6.92 Å². The summed E-state index contributed by atoms with van der Waals surface area (Å²) < 4.78 is 2.00. The number of amides is 1. The Labute approximate surface area is 140 Å². The molecular formula is C19H20N4O. The average Bonchev–Trinajstić information content (AvgIpc) is 3.05. The molecule has 0 radical (unpaired) electrons. The largest absolute Gasteiger partial charge is 0.339 e. The second kappa shape index (κ2) is 6.07. The second-order valence-corrected chi connectivity index (χ2v) is 6.40. The fourth-order valence-electron chi connectivity index (χ4n) is 3.30. The van der Waals surface area contributed by atoms with E-state index in [1.54, 1.807) is 6.20 Å². The van der Waals surface area contributed by atoms with E-state index in [0.717, 1.165) is 48.2 Å². The van der Waals surface area contributed by atoms with Crippen LogP contribution in [0.4, 0.5) is 0 Å². The molecule has 5 nitrogen and oxygen atoms in total. The van der Waals surface area contributed by atoms with Crippen LogP contribution in [0.25, 0.3) is 16.7 Å². The fraction of sp³-hybridized carbons (Fsp3) is 0.316. The Morgan fingerprint density at radius 1 is 1.08 bits per heavy atom. The molecule has 4 heterocycles. The molecule has 0 aliphatic carbocycles. The van der Waals surface area contributed by atoms with E-state index in [9.17, 15) is 4.79 Å². The lowest BCUT2D eigenvalue weighted by atomic mass is 10.1. The van der Waals surface area contributed by atoms with Crippen LogP contribution in [0.3, 0.4) is 0 Å². The SMILES string of the molecule is Cc1cncc(-n2ccc3cc(C(=O)N4CCCCC4)cnc32)c1. The van der Waals surface area contributed by atoms with E-state index < -0.39 is 0 Å². The molecule has 3 aromatic heterocycles. The highest BCUT2D eigenvalue weighted by Gasteiger charge is 2.19. The van der Waals surface area contributed by atoms with Crippen molar-refractivity contribution in [2.24, 2.45) is 0 Å². The molecular weight excluding hydrogens is 300 g/mol. The van der Waals surface area contributed by atoms with Crippen LogP contribution in [0.2, 0.25) is 0 Å². The van der Waals surface area contributed by atoms with E-state index >= 15 is 0 Å². The lowest BCUT2D eigenvalue weighted by Gasteiger charge is -2.26.